The van der Waals surface area contributed by atoms with Crippen molar-refractivity contribution in [3.05, 3.63) is 28.7 Å². The summed E-state index contributed by atoms with van der Waals surface area (Å²) in [5.74, 6) is 0. The highest BCUT2D eigenvalue weighted by Crippen LogP contribution is 2.24. The number of benzene rings is 1. The molecule has 0 radical (unpaired) electrons. The molecule has 86 valence electrons. The van der Waals surface area contributed by atoms with Crippen molar-refractivity contribution in [3.8, 4) is 0 Å². The maximum Gasteiger partial charge on any atom is 0.0984 e. The zero-order valence-electron chi connectivity index (χ0n) is 8.93. The lowest BCUT2D eigenvalue weighted by Crippen LogP contribution is -2.31. The molecule has 2 atom stereocenters. The molecule has 0 aliphatic carbocycles. The van der Waals surface area contributed by atoms with Crippen LogP contribution >= 0.6 is 15.9 Å². The van der Waals surface area contributed by atoms with Gasteiger partial charge in [-0.25, -0.2) is 0 Å². The number of rotatable bonds is 5. The van der Waals surface area contributed by atoms with E-state index in [1.54, 1.807) is 0 Å². The van der Waals surface area contributed by atoms with Crippen molar-refractivity contribution < 1.29 is 9.47 Å². The number of hydrogen-bond donors (Lipinski definition) is 0. The maximum atomic E-state index is 5.30. The van der Waals surface area contributed by atoms with Gasteiger partial charge in [-0.3, -0.25) is 0 Å². The number of hydrogen-bond acceptors (Lipinski definition) is 3. The molecule has 2 aliphatic rings. The van der Waals surface area contributed by atoms with Crippen molar-refractivity contribution in [2.24, 2.45) is 0 Å². The van der Waals surface area contributed by atoms with Crippen LogP contribution in [0.2, 0.25) is 0 Å². The molecule has 2 heterocycles. The molecule has 2 unspecified atom stereocenters. The third kappa shape index (κ3) is 2.75. The molecule has 2 saturated heterocycles. The molecule has 0 N–H and O–H groups in total. The summed E-state index contributed by atoms with van der Waals surface area (Å²) >= 11 is 3.50. The molecule has 2 aliphatic heterocycles. The molecule has 16 heavy (non-hydrogen) atoms. The van der Waals surface area contributed by atoms with Gasteiger partial charge in [0.15, 0.2) is 0 Å². The Labute approximate surface area is 103 Å². The topological polar surface area (TPSA) is 28.3 Å². The van der Waals surface area contributed by atoms with Crippen LogP contribution in [0.1, 0.15) is 0 Å². The molecule has 0 saturated carbocycles. The van der Waals surface area contributed by atoms with E-state index in [4.69, 9.17) is 9.47 Å². The van der Waals surface area contributed by atoms with Crippen LogP contribution in [-0.2, 0) is 9.47 Å². The van der Waals surface area contributed by atoms with E-state index in [0.29, 0.717) is 12.2 Å². The third-order valence-electron chi connectivity index (χ3n) is 2.83. The zero-order valence-corrected chi connectivity index (χ0v) is 10.5. The lowest BCUT2D eigenvalue weighted by atomic mass is 10.2. The zero-order chi connectivity index (χ0) is 11.0. The summed E-state index contributed by atoms with van der Waals surface area (Å²) in [5, 5.41) is 0. The Morgan fingerprint density at radius 3 is 2.31 bits per heavy atom. The SMILES string of the molecule is Brc1cccc(N(CC2CO2)CC2CO2)c1. The van der Waals surface area contributed by atoms with E-state index < -0.39 is 0 Å². The van der Waals surface area contributed by atoms with Gasteiger partial charge in [0.2, 0.25) is 0 Å². The Bertz CT molecular complexity index is 363. The highest BCUT2D eigenvalue weighted by Gasteiger charge is 2.30. The van der Waals surface area contributed by atoms with Crippen molar-refractivity contribution in [2.75, 3.05) is 31.2 Å². The van der Waals surface area contributed by atoms with E-state index >= 15 is 0 Å². The molecule has 0 aromatic heterocycles. The van der Waals surface area contributed by atoms with Gasteiger partial charge in [-0.1, -0.05) is 22.0 Å². The lowest BCUT2D eigenvalue weighted by molar-refractivity contribution is 0.389. The van der Waals surface area contributed by atoms with Crippen molar-refractivity contribution in [3.63, 3.8) is 0 Å². The first-order valence-corrected chi connectivity index (χ1v) is 6.34. The summed E-state index contributed by atoms with van der Waals surface area (Å²) in [6, 6.07) is 8.39. The van der Waals surface area contributed by atoms with Gasteiger partial charge in [0.1, 0.15) is 0 Å². The van der Waals surface area contributed by atoms with Gasteiger partial charge in [-0.05, 0) is 18.2 Å². The quantitative estimate of drug-likeness (QED) is 0.775. The first-order chi connectivity index (χ1) is 7.81. The minimum absolute atomic E-state index is 0.415. The summed E-state index contributed by atoms with van der Waals surface area (Å²) in [7, 11) is 0. The number of anilines is 1. The second-order valence-corrected chi connectivity index (χ2v) is 5.21. The average Bonchev–Trinajstić information content (AvgIpc) is 3.11. The van der Waals surface area contributed by atoms with Crippen LogP contribution < -0.4 is 4.90 Å². The molecular formula is C12H14BrNO2. The van der Waals surface area contributed by atoms with Gasteiger partial charge in [0.05, 0.1) is 25.4 Å². The second-order valence-electron chi connectivity index (χ2n) is 4.30. The van der Waals surface area contributed by atoms with Crippen molar-refractivity contribution in [2.45, 2.75) is 12.2 Å². The fourth-order valence-corrected chi connectivity index (χ4v) is 2.18. The second kappa shape index (κ2) is 4.35. The van der Waals surface area contributed by atoms with Gasteiger partial charge < -0.3 is 14.4 Å². The fourth-order valence-electron chi connectivity index (χ4n) is 1.80. The average molecular weight is 284 g/mol. The molecule has 2 fully saturated rings. The van der Waals surface area contributed by atoms with Crippen LogP contribution in [0.3, 0.4) is 0 Å². The number of nitrogens with zero attached hydrogens (tertiary/aromatic N) is 1. The van der Waals surface area contributed by atoms with Crippen molar-refractivity contribution >= 4 is 21.6 Å². The van der Waals surface area contributed by atoms with Crippen LogP contribution in [0.15, 0.2) is 28.7 Å². The predicted octanol–water partition coefficient (Wildman–Crippen LogP) is 2.05. The Morgan fingerprint density at radius 2 is 1.81 bits per heavy atom. The lowest BCUT2D eigenvalue weighted by Gasteiger charge is -2.23. The predicted molar refractivity (Wildman–Crippen MR) is 65.8 cm³/mol. The van der Waals surface area contributed by atoms with E-state index in [2.05, 4.69) is 39.0 Å². The first kappa shape index (κ1) is 10.6. The summed E-state index contributed by atoms with van der Waals surface area (Å²) in [6.07, 6.45) is 0.829. The molecule has 1 aromatic rings. The molecule has 0 amide bonds. The molecule has 0 bridgehead atoms. The summed E-state index contributed by atoms with van der Waals surface area (Å²) in [5.41, 5.74) is 1.24. The molecule has 3 rings (SSSR count). The van der Waals surface area contributed by atoms with Crippen LogP contribution in [0.5, 0.6) is 0 Å². The summed E-state index contributed by atoms with van der Waals surface area (Å²) in [6.45, 7) is 3.73. The van der Waals surface area contributed by atoms with E-state index in [1.165, 1.54) is 5.69 Å². The smallest absolute Gasteiger partial charge is 0.0984 e. The first-order valence-electron chi connectivity index (χ1n) is 5.55. The van der Waals surface area contributed by atoms with Gasteiger partial charge in [-0.15, -0.1) is 0 Å². The Kier molecular flexibility index (Phi) is 2.88. The van der Waals surface area contributed by atoms with Gasteiger partial charge in [0, 0.05) is 23.2 Å². The Hall–Kier alpha value is -0.580. The summed E-state index contributed by atoms with van der Waals surface area (Å²) < 4.78 is 11.7. The number of ether oxygens (including phenoxy) is 2. The van der Waals surface area contributed by atoms with Crippen LogP contribution in [0, 0.1) is 0 Å². The van der Waals surface area contributed by atoms with Gasteiger partial charge in [0.25, 0.3) is 0 Å². The molecule has 0 spiro atoms. The largest absolute Gasteiger partial charge is 0.371 e. The highest BCUT2D eigenvalue weighted by atomic mass is 79.9. The monoisotopic (exact) mass is 283 g/mol. The van der Waals surface area contributed by atoms with Crippen LogP contribution in [0.4, 0.5) is 5.69 Å². The summed E-state index contributed by atoms with van der Waals surface area (Å²) in [4.78, 5) is 2.35. The Morgan fingerprint density at radius 1 is 1.19 bits per heavy atom. The third-order valence-corrected chi connectivity index (χ3v) is 3.32. The van der Waals surface area contributed by atoms with Gasteiger partial charge >= 0.3 is 0 Å². The standard InChI is InChI=1S/C12H14BrNO2/c13-9-2-1-3-10(4-9)14(5-11-7-15-11)6-12-8-16-12/h1-4,11-12H,5-8H2. The Balaban J connectivity index is 1.73. The maximum absolute atomic E-state index is 5.30. The molecular weight excluding hydrogens is 270 g/mol. The minimum Gasteiger partial charge on any atom is -0.371 e. The van der Waals surface area contributed by atoms with E-state index in [1.807, 2.05) is 6.07 Å². The van der Waals surface area contributed by atoms with Gasteiger partial charge in [-0.2, -0.15) is 0 Å². The normalized spacial score (nSPS) is 26.6. The van der Waals surface area contributed by atoms with Crippen LogP contribution in [-0.4, -0.2) is 38.5 Å². The fraction of sp³-hybridized carbons (Fsp3) is 0.500. The molecule has 1 aromatic carbocycles. The minimum atomic E-state index is 0.415. The highest BCUT2D eigenvalue weighted by molar-refractivity contribution is 9.10. The van der Waals surface area contributed by atoms with E-state index in [-0.39, 0.29) is 0 Å². The van der Waals surface area contributed by atoms with Crippen molar-refractivity contribution in [1.29, 1.82) is 0 Å². The molecule has 3 nitrogen and oxygen atoms in total. The van der Waals surface area contributed by atoms with Crippen LogP contribution in [0.25, 0.3) is 0 Å². The molecule has 4 heteroatoms. The van der Waals surface area contributed by atoms with E-state index in [9.17, 15) is 0 Å². The number of halogens is 1. The van der Waals surface area contributed by atoms with Crippen molar-refractivity contribution in [1.82, 2.24) is 0 Å². The number of epoxide rings is 2. The van der Waals surface area contributed by atoms with E-state index in [0.717, 1.165) is 30.8 Å².